The average molecular weight is 539 g/mol. The van der Waals surface area contributed by atoms with Gasteiger partial charge in [-0.1, -0.05) is 31.2 Å². The van der Waals surface area contributed by atoms with E-state index >= 15 is 0 Å². The van der Waals surface area contributed by atoms with Gasteiger partial charge in [-0.15, -0.1) is 0 Å². The lowest BCUT2D eigenvalue weighted by Gasteiger charge is -2.14. The number of nitrogens with zero attached hydrogens (tertiary/aromatic N) is 2. The summed E-state index contributed by atoms with van der Waals surface area (Å²) in [6.07, 6.45) is 3.48. The zero-order valence-corrected chi connectivity index (χ0v) is 22.9. The molecule has 9 nitrogen and oxygen atoms in total. The zero-order valence-electron chi connectivity index (χ0n) is 22.9. The van der Waals surface area contributed by atoms with Crippen molar-refractivity contribution in [1.29, 1.82) is 5.41 Å². The average Bonchev–Trinajstić information content (AvgIpc) is 2.98. The monoisotopic (exact) mass is 538 g/mol. The van der Waals surface area contributed by atoms with Gasteiger partial charge in [-0.3, -0.25) is 4.79 Å². The van der Waals surface area contributed by atoms with Crippen LogP contribution in [-0.2, 0) is 4.79 Å². The molecule has 0 aliphatic heterocycles. The summed E-state index contributed by atoms with van der Waals surface area (Å²) >= 11 is 0. The Hall–Kier alpha value is -4.92. The minimum absolute atomic E-state index is 0.0750. The van der Waals surface area contributed by atoms with E-state index in [1.165, 1.54) is 12.4 Å². The van der Waals surface area contributed by atoms with Crippen molar-refractivity contribution in [2.45, 2.75) is 33.2 Å². The first kappa shape index (κ1) is 28.1. The Morgan fingerprint density at radius 2 is 1.80 bits per heavy atom. The summed E-state index contributed by atoms with van der Waals surface area (Å²) in [4.78, 5) is 21.8. The molecule has 5 N–H and O–H groups in total. The molecule has 0 radical (unpaired) electrons. The van der Waals surface area contributed by atoms with Crippen molar-refractivity contribution < 1.29 is 14.3 Å². The molecular formula is C31H34N6O3. The number of carbonyl (C=O) groups is 1. The van der Waals surface area contributed by atoms with E-state index < -0.39 is 0 Å². The molecule has 0 fully saturated rings. The fourth-order valence-corrected chi connectivity index (χ4v) is 3.99. The Morgan fingerprint density at radius 3 is 2.50 bits per heavy atom. The van der Waals surface area contributed by atoms with Crippen molar-refractivity contribution in [2.75, 3.05) is 18.5 Å². The van der Waals surface area contributed by atoms with Crippen LogP contribution in [0, 0.1) is 5.41 Å². The molecule has 0 spiro atoms. The maximum Gasteiger partial charge on any atom is 0.258 e. The normalized spacial score (nSPS) is 12.0. The smallest absolute Gasteiger partial charge is 0.258 e. The van der Waals surface area contributed by atoms with Crippen molar-refractivity contribution in [3.63, 3.8) is 0 Å². The SMILES string of the molecule is CCOc1ccc2nc(-c3cccc(OCC(=O)NC(C)CC)c3)nc(Nc3ccc(/C(C=N)=C/N)cc3)c2c1. The molecule has 0 bridgehead atoms. The summed E-state index contributed by atoms with van der Waals surface area (Å²) < 4.78 is 11.5. The van der Waals surface area contributed by atoms with Gasteiger partial charge in [0.25, 0.3) is 5.91 Å². The van der Waals surface area contributed by atoms with E-state index in [4.69, 9.17) is 30.6 Å². The second kappa shape index (κ2) is 13.2. The first-order valence-corrected chi connectivity index (χ1v) is 13.2. The van der Waals surface area contributed by atoms with Crippen molar-refractivity contribution in [3.8, 4) is 22.9 Å². The van der Waals surface area contributed by atoms with E-state index in [1.54, 1.807) is 6.07 Å². The Labute approximate surface area is 234 Å². The third kappa shape index (κ3) is 6.93. The number of nitrogens with one attached hydrogen (secondary N) is 3. The number of hydrogen-bond donors (Lipinski definition) is 4. The minimum Gasteiger partial charge on any atom is -0.494 e. The zero-order chi connectivity index (χ0) is 28.5. The van der Waals surface area contributed by atoms with Gasteiger partial charge in [0, 0.05) is 40.7 Å². The minimum atomic E-state index is -0.168. The van der Waals surface area contributed by atoms with Crippen molar-refractivity contribution in [3.05, 3.63) is 78.5 Å². The lowest BCUT2D eigenvalue weighted by Crippen LogP contribution is -2.35. The predicted octanol–water partition coefficient (Wildman–Crippen LogP) is 5.68. The highest BCUT2D eigenvalue weighted by Gasteiger charge is 2.13. The van der Waals surface area contributed by atoms with Crippen LogP contribution in [0.4, 0.5) is 11.5 Å². The molecule has 40 heavy (non-hydrogen) atoms. The van der Waals surface area contributed by atoms with E-state index in [0.29, 0.717) is 29.6 Å². The number of nitrogens with two attached hydrogens (primary N) is 1. The van der Waals surface area contributed by atoms with E-state index in [1.807, 2.05) is 81.4 Å². The second-order valence-electron chi connectivity index (χ2n) is 9.17. The van der Waals surface area contributed by atoms with E-state index in [9.17, 15) is 4.79 Å². The molecule has 1 heterocycles. The quantitative estimate of drug-likeness (QED) is 0.170. The number of fused-ring (bicyclic) bond motifs is 1. The van der Waals surface area contributed by atoms with Crippen LogP contribution in [0.5, 0.6) is 11.5 Å². The number of ether oxygens (including phenoxy) is 2. The second-order valence-corrected chi connectivity index (χ2v) is 9.17. The fraction of sp³-hybridized carbons (Fsp3) is 0.226. The van der Waals surface area contributed by atoms with Gasteiger partial charge in [0.2, 0.25) is 0 Å². The van der Waals surface area contributed by atoms with Crippen LogP contribution in [0.3, 0.4) is 0 Å². The lowest BCUT2D eigenvalue weighted by molar-refractivity contribution is -0.123. The van der Waals surface area contributed by atoms with Crippen LogP contribution >= 0.6 is 0 Å². The molecule has 0 saturated heterocycles. The van der Waals surface area contributed by atoms with Gasteiger partial charge < -0.3 is 31.3 Å². The molecule has 0 aliphatic carbocycles. The molecule has 4 aromatic rings. The van der Waals surface area contributed by atoms with Crippen molar-refractivity contribution in [1.82, 2.24) is 15.3 Å². The highest BCUT2D eigenvalue weighted by Crippen LogP contribution is 2.31. The van der Waals surface area contributed by atoms with Crippen LogP contribution in [0.1, 0.15) is 32.8 Å². The Bertz CT molecular complexity index is 1520. The van der Waals surface area contributed by atoms with E-state index in [0.717, 1.165) is 39.9 Å². The highest BCUT2D eigenvalue weighted by atomic mass is 16.5. The Balaban J connectivity index is 1.66. The number of aromatic nitrogens is 2. The van der Waals surface area contributed by atoms with Crippen LogP contribution < -0.4 is 25.8 Å². The van der Waals surface area contributed by atoms with Gasteiger partial charge >= 0.3 is 0 Å². The standard InChI is InChI=1S/C31H34N6O3/c1-4-20(3)34-29(38)19-40-25-8-6-7-22(15-25)30-36-28-14-13-26(39-5-2)16-27(28)31(37-30)35-24-11-9-21(10-12-24)23(17-32)18-33/h6-18,20,32H,4-5,19,33H2,1-3H3,(H,34,38)(H,35,36,37)/b23-18+,32-17?. The summed E-state index contributed by atoms with van der Waals surface area (Å²) in [5.74, 6) is 2.21. The number of amides is 1. The molecule has 0 saturated carbocycles. The maximum absolute atomic E-state index is 12.2. The van der Waals surface area contributed by atoms with E-state index in [2.05, 4.69) is 10.6 Å². The summed E-state index contributed by atoms with van der Waals surface area (Å²) in [6.45, 7) is 6.38. The van der Waals surface area contributed by atoms with Gasteiger partial charge in [-0.2, -0.15) is 0 Å². The van der Waals surface area contributed by atoms with Gasteiger partial charge in [-0.25, -0.2) is 9.97 Å². The molecular weight excluding hydrogens is 504 g/mol. The summed E-state index contributed by atoms with van der Waals surface area (Å²) in [7, 11) is 0. The molecule has 0 aliphatic rings. The first-order valence-electron chi connectivity index (χ1n) is 13.2. The molecule has 3 aromatic carbocycles. The van der Waals surface area contributed by atoms with Gasteiger partial charge in [-0.05, 0) is 68.3 Å². The molecule has 1 atom stereocenters. The van der Waals surface area contributed by atoms with Gasteiger partial charge in [0.15, 0.2) is 12.4 Å². The Morgan fingerprint density at radius 1 is 1.02 bits per heavy atom. The number of carbonyl (C=O) groups excluding carboxylic acids is 1. The summed E-state index contributed by atoms with van der Waals surface area (Å²) in [5.41, 5.74) is 9.39. The number of rotatable bonds is 12. The third-order valence-corrected chi connectivity index (χ3v) is 6.28. The summed E-state index contributed by atoms with van der Waals surface area (Å²) in [6, 6.07) is 20.8. The summed E-state index contributed by atoms with van der Waals surface area (Å²) in [5, 5.41) is 14.6. The number of hydrogen-bond acceptors (Lipinski definition) is 8. The van der Waals surface area contributed by atoms with Crippen molar-refractivity contribution >= 4 is 40.1 Å². The fourth-order valence-electron chi connectivity index (χ4n) is 3.99. The van der Waals surface area contributed by atoms with Crippen LogP contribution in [0.2, 0.25) is 0 Å². The van der Waals surface area contributed by atoms with Crippen molar-refractivity contribution in [2.24, 2.45) is 5.73 Å². The van der Waals surface area contributed by atoms with Gasteiger partial charge in [0.05, 0.1) is 12.1 Å². The highest BCUT2D eigenvalue weighted by molar-refractivity contribution is 6.08. The first-order chi connectivity index (χ1) is 19.4. The predicted molar refractivity (Wildman–Crippen MR) is 160 cm³/mol. The number of benzene rings is 3. The molecule has 9 heteroatoms. The number of allylic oxidation sites excluding steroid dienone is 1. The third-order valence-electron chi connectivity index (χ3n) is 6.28. The Kier molecular flexibility index (Phi) is 9.30. The van der Waals surface area contributed by atoms with Gasteiger partial charge in [0.1, 0.15) is 17.3 Å². The van der Waals surface area contributed by atoms with Crippen LogP contribution in [0.15, 0.2) is 72.9 Å². The molecule has 1 unspecified atom stereocenters. The molecule has 1 aromatic heterocycles. The maximum atomic E-state index is 12.2. The molecule has 206 valence electrons. The number of anilines is 2. The molecule has 4 rings (SSSR count). The topological polar surface area (TPSA) is 135 Å². The van der Waals surface area contributed by atoms with Crippen LogP contribution in [-0.4, -0.2) is 41.3 Å². The lowest BCUT2D eigenvalue weighted by atomic mass is 10.1. The van der Waals surface area contributed by atoms with E-state index in [-0.39, 0.29) is 18.6 Å². The van der Waals surface area contributed by atoms with Crippen LogP contribution in [0.25, 0.3) is 27.9 Å². The molecule has 1 amide bonds. The largest absolute Gasteiger partial charge is 0.494 e.